The Morgan fingerprint density at radius 2 is 2.17 bits per heavy atom. The predicted molar refractivity (Wildman–Crippen MR) is 65.3 cm³/mol. The molecule has 1 aromatic rings. The van der Waals surface area contributed by atoms with Crippen molar-refractivity contribution in [2.75, 3.05) is 0 Å². The zero-order valence-corrected chi connectivity index (χ0v) is 10.5. The Hall–Kier alpha value is -1.91. The van der Waals surface area contributed by atoms with E-state index in [1.54, 1.807) is 19.2 Å². The maximum absolute atomic E-state index is 12.4. The first-order valence-electron chi connectivity index (χ1n) is 5.98. The van der Waals surface area contributed by atoms with Crippen molar-refractivity contribution in [1.82, 2.24) is 9.88 Å². The largest absolute Gasteiger partial charge is 0.480 e. The zero-order valence-electron chi connectivity index (χ0n) is 10.5. The molecule has 1 unspecified atom stereocenters. The molecule has 1 amide bonds. The number of pyridine rings is 1. The number of aryl methyl sites for hydroxylation is 1. The first-order chi connectivity index (χ1) is 8.52. The molecule has 1 aliphatic carbocycles. The van der Waals surface area contributed by atoms with Gasteiger partial charge in [-0.15, -0.1) is 0 Å². The van der Waals surface area contributed by atoms with Crippen LogP contribution < -0.4 is 0 Å². The minimum atomic E-state index is -0.975. The Morgan fingerprint density at radius 1 is 1.50 bits per heavy atom. The van der Waals surface area contributed by atoms with Crippen molar-refractivity contribution in [2.24, 2.45) is 0 Å². The van der Waals surface area contributed by atoms with Gasteiger partial charge in [-0.05, 0) is 38.3 Å². The van der Waals surface area contributed by atoms with E-state index in [9.17, 15) is 9.59 Å². The average molecular weight is 248 g/mol. The minimum Gasteiger partial charge on any atom is -0.480 e. The number of nitrogens with zero attached hydrogens (tertiary/aromatic N) is 2. The summed E-state index contributed by atoms with van der Waals surface area (Å²) in [6.45, 7) is 3.37. The molecule has 2 rings (SSSR count). The minimum absolute atomic E-state index is 0.0585. The van der Waals surface area contributed by atoms with Crippen LogP contribution in [0.15, 0.2) is 18.5 Å². The summed E-state index contributed by atoms with van der Waals surface area (Å²) >= 11 is 0. The van der Waals surface area contributed by atoms with Gasteiger partial charge in [-0.1, -0.05) is 0 Å². The molecular weight excluding hydrogens is 232 g/mol. The highest BCUT2D eigenvalue weighted by Gasteiger charge is 2.39. The smallest absolute Gasteiger partial charge is 0.326 e. The van der Waals surface area contributed by atoms with Gasteiger partial charge in [0.15, 0.2) is 0 Å². The van der Waals surface area contributed by atoms with Crippen molar-refractivity contribution in [3.8, 4) is 0 Å². The maximum atomic E-state index is 12.4. The molecule has 1 heterocycles. The molecule has 96 valence electrons. The first-order valence-corrected chi connectivity index (χ1v) is 5.98. The van der Waals surface area contributed by atoms with Gasteiger partial charge in [0.1, 0.15) is 6.04 Å². The molecule has 18 heavy (non-hydrogen) atoms. The molecule has 1 N–H and O–H groups in total. The van der Waals surface area contributed by atoms with Crippen LogP contribution in [0, 0.1) is 6.92 Å². The second-order valence-corrected chi connectivity index (χ2v) is 4.65. The molecule has 0 aliphatic heterocycles. The molecule has 5 heteroatoms. The summed E-state index contributed by atoms with van der Waals surface area (Å²) in [5.41, 5.74) is 1.30. The van der Waals surface area contributed by atoms with Gasteiger partial charge in [0.2, 0.25) is 0 Å². The molecule has 1 atom stereocenters. The number of carbonyl (C=O) groups excluding carboxylic acids is 1. The van der Waals surface area contributed by atoms with E-state index < -0.39 is 12.0 Å². The third-order valence-corrected chi connectivity index (χ3v) is 3.22. The number of amides is 1. The standard InChI is InChI=1S/C13H16N2O3/c1-8-5-6-14-7-11(8)12(16)15(10-3-4-10)9(2)13(17)18/h5-7,9-10H,3-4H2,1-2H3,(H,17,18). The van der Waals surface area contributed by atoms with Crippen LogP contribution in [0.25, 0.3) is 0 Å². The zero-order chi connectivity index (χ0) is 13.3. The molecular formula is C13H16N2O3. The lowest BCUT2D eigenvalue weighted by Gasteiger charge is -2.26. The van der Waals surface area contributed by atoms with Crippen LogP contribution in [0.3, 0.4) is 0 Å². The Bertz CT molecular complexity index is 483. The summed E-state index contributed by atoms with van der Waals surface area (Å²) in [7, 11) is 0. The SMILES string of the molecule is Cc1ccncc1C(=O)N(C1CC1)C(C)C(=O)O. The summed E-state index contributed by atoms with van der Waals surface area (Å²) in [6.07, 6.45) is 4.88. The van der Waals surface area contributed by atoms with Crippen LogP contribution in [0.4, 0.5) is 0 Å². The van der Waals surface area contributed by atoms with Gasteiger partial charge >= 0.3 is 5.97 Å². The third kappa shape index (κ3) is 2.34. The van der Waals surface area contributed by atoms with Gasteiger partial charge in [0.05, 0.1) is 5.56 Å². The van der Waals surface area contributed by atoms with E-state index in [2.05, 4.69) is 4.98 Å². The molecule has 0 saturated heterocycles. The van der Waals surface area contributed by atoms with E-state index in [1.165, 1.54) is 11.1 Å². The second kappa shape index (κ2) is 4.76. The fraction of sp³-hybridized carbons (Fsp3) is 0.462. The number of carboxylic acids is 1. The van der Waals surface area contributed by atoms with Crippen molar-refractivity contribution in [2.45, 2.75) is 38.8 Å². The molecule has 0 bridgehead atoms. The normalized spacial score (nSPS) is 16.1. The quantitative estimate of drug-likeness (QED) is 0.875. The lowest BCUT2D eigenvalue weighted by molar-refractivity contribution is -0.141. The summed E-state index contributed by atoms with van der Waals surface area (Å²) in [4.78, 5) is 28.9. The molecule has 1 saturated carbocycles. The number of aromatic nitrogens is 1. The highest BCUT2D eigenvalue weighted by Crippen LogP contribution is 2.30. The molecule has 0 spiro atoms. The molecule has 5 nitrogen and oxygen atoms in total. The highest BCUT2D eigenvalue weighted by molar-refractivity contribution is 5.97. The van der Waals surface area contributed by atoms with Crippen LogP contribution in [0.5, 0.6) is 0 Å². The fourth-order valence-corrected chi connectivity index (χ4v) is 1.96. The Kier molecular flexibility index (Phi) is 3.32. The molecule has 1 aromatic heterocycles. The summed E-state index contributed by atoms with van der Waals surface area (Å²) in [5.74, 6) is -1.21. The van der Waals surface area contributed by atoms with Crippen molar-refractivity contribution >= 4 is 11.9 Å². The Labute approximate surface area is 105 Å². The van der Waals surface area contributed by atoms with Crippen molar-refractivity contribution in [1.29, 1.82) is 0 Å². The summed E-state index contributed by atoms with van der Waals surface area (Å²) in [5, 5.41) is 9.08. The van der Waals surface area contributed by atoms with Crippen LogP contribution >= 0.6 is 0 Å². The van der Waals surface area contributed by atoms with E-state index >= 15 is 0 Å². The summed E-state index contributed by atoms with van der Waals surface area (Å²) in [6, 6.07) is 1.01. The van der Waals surface area contributed by atoms with Crippen LogP contribution in [0.2, 0.25) is 0 Å². The first kappa shape index (κ1) is 12.5. The number of hydrogen-bond donors (Lipinski definition) is 1. The third-order valence-electron chi connectivity index (χ3n) is 3.22. The number of rotatable bonds is 4. The van der Waals surface area contributed by atoms with E-state index in [4.69, 9.17) is 5.11 Å². The van der Waals surface area contributed by atoms with Crippen molar-refractivity contribution in [3.63, 3.8) is 0 Å². The molecule has 1 aliphatic rings. The van der Waals surface area contributed by atoms with Crippen molar-refractivity contribution in [3.05, 3.63) is 29.6 Å². The molecule has 0 aromatic carbocycles. The van der Waals surface area contributed by atoms with E-state index in [-0.39, 0.29) is 11.9 Å². The number of hydrogen-bond acceptors (Lipinski definition) is 3. The van der Waals surface area contributed by atoms with Crippen LogP contribution in [-0.2, 0) is 4.79 Å². The lowest BCUT2D eigenvalue weighted by atomic mass is 10.1. The van der Waals surface area contributed by atoms with Crippen molar-refractivity contribution < 1.29 is 14.7 Å². The monoisotopic (exact) mass is 248 g/mol. The van der Waals surface area contributed by atoms with E-state index in [0.29, 0.717) is 5.56 Å². The van der Waals surface area contributed by atoms with Gasteiger partial charge < -0.3 is 10.0 Å². The molecule has 0 radical (unpaired) electrons. The van der Waals surface area contributed by atoms with E-state index in [0.717, 1.165) is 18.4 Å². The fourth-order valence-electron chi connectivity index (χ4n) is 1.96. The topological polar surface area (TPSA) is 70.5 Å². The van der Waals surface area contributed by atoms with Gasteiger partial charge in [0, 0.05) is 18.4 Å². The number of carboxylic acid groups (broad SMARTS) is 1. The Balaban J connectivity index is 2.29. The van der Waals surface area contributed by atoms with Gasteiger partial charge in [0.25, 0.3) is 5.91 Å². The van der Waals surface area contributed by atoms with Gasteiger partial charge in [-0.2, -0.15) is 0 Å². The average Bonchev–Trinajstić information content (AvgIpc) is 3.14. The van der Waals surface area contributed by atoms with E-state index in [1.807, 2.05) is 6.92 Å². The Morgan fingerprint density at radius 3 is 2.67 bits per heavy atom. The summed E-state index contributed by atoms with van der Waals surface area (Å²) < 4.78 is 0. The second-order valence-electron chi connectivity index (χ2n) is 4.65. The molecule has 1 fully saturated rings. The highest BCUT2D eigenvalue weighted by atomic mass is 16.4. The number of aliphatic carboxylic acids is 1. The predicted octanol–water partition coefficient (Wildman–Crippen LogP) is 1.47. The van der Waals surface area contributed by atoms with Gasteiger partial charge in [-0.3, -0.25) is 9.78 Å². The maximum Gasteiger partial charge on any atom is 0.326 e. The van der Waals surface area contributed by atoms with Gasteiger partial charge in [-0.25, -0.2) is 4.79 Å². The van der Waals surface area contributed by atoms with Crippen LogP contribution in [-0.4, -0.2) is 39.0 Å². The van der Waals surface area contributed by atoms with Crippen LogP contribution in [0.1, 0.15) is 35.7 Å². The number of carbonyl (C=O) groups is 2. The lowest BCUT2D eigenvalue weighted by Crippen LogP contribution is -2.45.